The standard InChI is InChI=1S/C14H8F2N2O2.C14H10N2O2/c15-10-3-2-9(6-11(10)16)18-7-17-12-5-8(14(19)20)1-4-13(12)18;17-14(18)10-6-7-13-12(8-10)15-9-16(13)11-4-2-1-3-5-11/h1-7H,(H,19,20);1-9H,(H,17,18). The van der Waals surface area contributed by atoms with Crippen LogP contribution in [0.1, 0.15) is 20.7 Å². The number of nitrogens with zero attached hydrogens (tertiary/aromatic N) is 4. The molecular weight excluding hydrogens is 494 g/mol. The van der Waals surface area contributed by atoms with Crippen molar-refractivity contribution in [2.24, 2.45) is 0 Å². The van der Waals surface area contributed by atoms with Crippen molar-refractivity contribution in [1.82, 2.24) is 19.1 Å². The molecule has 2 aromatic heterocycles. The molecule has 10 heteroatoms. The smallest absolute Gasteiger partial charge is 0.335 e. The lowest BCUT2D eigenvalue weighted by Gasteiger charge is -2.05. The van der Waals surface area contributed by atoms with Gasteiger partial charge in [-0.25, -0.2) is 28.3 Å². The Hall–Kier alpha value is -5.38. The van der Waals surface area contributed by atoms with Crippen LogP contribution in [0.4, 0.5) is 8.78 Å². The number of carbonyl (C=O) groups is 2. The molecule has 6 aromatic rings. The molecule has 0 spiro atoms. The Bertz CT molecular complexity index is 1810. The van der Waals surface area contributed by atoms with E-state index in [9.17, 15) is 18.4 Å². The first kappa shape index (κ1) is 24.3. The minimum absolute atomic E-state index is 0.119. The normalized spacial score (nSPS) is 10.8. The van der Waals surface area contributed by atoms with Gasteiger partial charge in [0.2, 0.25) is 0 Å². The van der Waals surface area contributed by atoms with Crippen LogP contribution in [0.15, 0.2) is 97.6 Å². The molecule has 0 aliphatic carbocycles. The van der Waals surface area contributed by atoms with Crippen LogP contribution < -0.4 is 0 Å². The Labute approximate surface area is 213 Å². The predicted octanol–water partition coefficient (Wildman–Crippen LogP) is 5.73. The van der Waals surface area contributed by atoms with Gasteiger partial charge in [-0.05, 0) is 60.7 Å². The van der Waals surface area contributed by atoms with Gasteiger partial charge in [0.05, 0.1) is 38.9 Å². The van der Waals surface area contributed by atoms with E-state index in [1.54, 1.807) is 35.2 Å². The van der Waals surface area contributed by atoms with Gasteiger partial charge >= 0.3 is 11.9 Å². The molecule has 0 bridgehead atoms. The number of carboxylic acids is 2. The second-order valence-corrected chi connectivity index (χ2v) is 8.18. The predicted molar refractivity (Wildman–Crippen MR) is 136 cm³/mol. The van der Waals surface area contributed by atoms with Crippen molar-refractivity contribution in [3.63, 3.8) is 0 Å². The number of rotatable bonds is 4. The third-order valence-electron chi connectivity index (χ3n) is 5.80. The summed E-state index contributed by atoms with van der Waals surface area (Å²) in [6.45, 7) is 0. The number of aromatic nitrogens is 4. The van der Waals surface area contributed by atoms with Crippen molar-refractivity contribution in [3.8, 4) is 11.4 Å². The molecule has 0 aliphatic rings. The van der Waals surface area contributed by atoms with Crippen molar-refractivity contribution < 1.29 is 28.6 Å². The number of para-hydroxylation sites is 1. The SMILES string of the molecule is O=C(O)c1ccc2c(c1)ncn2-c1ccc(F)c(F)c1.O=C(O)c1ccc2c(c1)ncn2-c1ccccc1. The van der Waals surface area contributed by atoms with Crippen molar-refractivity contribution in [1.29, 1.82) is 0 Å². The molecule has 4 aromatic carbocycles. The maximum atomic E-state index is 13.3. The highest BCUT2D eigenvalue weighted by molar-refractivity contribution is 5.93. The molecule has 0 saturated carbocycles. The van der Waals surface area contributed by atoms with Crippen LogP contribution in [0, 0.1) is 11.6 Å². The molecule has 0 unspecified atom stereocenters. The van der Waals surface area contributed by atoms with Crippen molar-refractivity contribution in [2.45, 2.75) is 0 Å². The summed E-state index contributed by atoms with van der Waals surface area (Å²) in [5.74, 6) is -3.86. The van der Waals surface area contributed by atoms with Crippen molar-refractivity contribution in [3.05, 3.63) is 120 Å². The first-order chi connectivity index (χ1) is 18.3. The zero-order valence-electron chi connectivity index (χ0n) is 19.5. The summed E-state index contributed by atoms with van der Waals surface area (Å²) in [7, 11) is 0. The van der Waals surface area contributed by atoms with Crippen LogP contribution in [-0.2, 0) is 0 Å². The lowest BCUT2D eigenvalue weighted by Crippen LogP contribution is -1.97. The maximum absolute atomic E-state index is 13.3. The summed E-state index contributed by atoms with van der Waals surface area (Å²) in [5, 5.41) is 17.8. The molecule has 0 saturated heterocycles. The average molecular weight is 512 g/mol. The summed E-state index contributed by atoms with van der Waals surface area (Å²) in [6, 6.07) is 22.7. The Kier molecular flexibility index (Phi) is 6.36. The number of hydrogen-bond donors (Lipinski definition) is 2. The Morgan fingerprint density at radius 2 is 1.13 bits per heavy atom. The van der Waals surface area contributed by atoms with Gasteiger partial charge in [0.15, 0.2) is 11.6 Å². The quantitative estimate of drug-likeness (QED) is 0.312. The lowest BCUT2D eigenvalue weighted by molar-refractivity contribution is 0.0686. The molecule has 8 nitrogen and oxygen atoms in total. The van der Waals surface area contributed by atoms with Crippen LogP contribution in [0.3, 0.4) is 0 Å². The van der Waals surface area contributed by atoms with Crippen LogP contribution in [0.25, 0.3) is 33.4 Å². The third-order valence-corrected chi connectivity index (χ3v) is 5.80. The van der Waals surface area contributed by atoms with E-state index in [-0.39, 0.29) is 11.1 Å². The summed E-state index contributed by atoms with van der Waals surface area (Å²) in [6.07, 6.45) is 3.13. The highest BCUT2D eigenvalue weighted by Gasteiger charge is 2.11. The van der Waals surface area contributed by atoms with Gasteiger partial charge < -0.3 is 10.2 Å². The van der Waals surface area contributed by atoms with Crippen molar-refractivity contribution >= 4 is 34.0 Å². The fourth-order valence-corrected chi connectivity index (χ4v) is 3.93. The van der Waals surface area contributed by atoms with Gasteiger partial charge in [0.25, 0.3) is 0 Å². The first-order valence-electron chi connectivity index (χ1n) is 11.2. The molecule has 0 atom stereocenters. The zero-order valence-corrected chi connectivity index (χ0v) is 19.5. The van der Waals surface area contributed by atoms with E-state index < -0.39 is 23.6 Å². The van der Waals surface area contributed by atoms with E-state index in [4.69, 9.17) is 10.2 Å². The second-order valence-electron chi connectivity index (χ2n) is 8.18. The molecular formula is C28H18F2N4O4. The molecule has 188 valence electrons. The summed E-state index contributed by atoms with van der Waals surface area (Å²) in [5.41, 5.74) is 4.44. The van der Waals surface area contributed by atoms with Gasteiger partial charge in [-0.3, -0.25) is 9.13 Å². The van der Waals surface area contributed by atoms with E-state index in [1.165, 1.54) is 24.5 Å². The summed E-state index contributed by atoms with van der Waals surface area (Å²) >= 11 is 0. The zero-order chi connectivity index (χ0) is 26.8. The van der Waals surface area contributed by atoms with Crippen LogP contribution in [0.2, 0.25) is 0 Å². The number of fused-ring (bicyclic) bond motifs is 2. The van der Waals surface area contributed by atoms with Gasteiger partial charge in [0.1, 0.15) is 12.7 Å². The molecule has 0 amide bonds. The first-order valence-corrected chi connectivity index (χ1v) is 11.2. The number of halogens is 2. The number of carboxylic acid groups (broad SMARTS) is 2. The van der Waals surface area contributed by atoms with Gasteiger partial charge in [0, 0.05) is 11.8 Å². The average Bonchev–Trinajstić information content (AvgIpc) is 3.55. The second kappa shape index (κ2) is 9.94. The van der Waals surface area contributed by atoms with Gasteiger partial charge in [-0.15, -0.1) is 0 Å². The molecule has 0 aliphatic heterocycles. The minimum Gasteiger partial charge on any atom is -0.478 e. The molecule has 2 N–H and O–H groups in total. The van der Waals surface area contributed by atoms with E-state index in [2.05, 4.69) is 9.97 Å². The van der Waals surface area contributed by atoms with Crippen LogP contribution in [0.5, 0.6) is 0 Å². The Balaban J connectivity index is 0.000000156. The fraction of sp³-hybridized carbons (Fsp3) is 0. The summed E-state index contributed by atoms with van der Waals surface area (Å²) < 4.78 is 29.7. The lowest BCUT2D eigenvalue weighted by atomic mass is 10.2. The molecule has 0 fully saturated rings. The van der Waals surface area contributed by atoms with E-state index in [0.717, 1.165) is 23.3 Å². The molecule has 38 heavy (non-hydrogen) atoms. The maximum Gasteiger partial charge on any atom is 0.335 e. The van der Waals surface area contributed by atoms with Crippen LogP contribution >= 0.6 is 0 Å². The highest BCUT2D eigenvalue weighted by atomic mass is 19.2. The van der Waals surface area contributed by atoms with Crippen molar-refractivity contribution in [2.75, 3.05) is 0 Å². The van der Waals surface area contributed by atoms with Crippen LogP contribution in [-0.4, -0.2) is 41.3 Å². The van der Waals surface area contributed by atoms with E-state index in [1.807, 2.05) is 34.9 Å². The summed E-state index contributed by atoms with van der Waals surface area (Å²) in [4.78, 5) is 30.1. The number of hydrogen-bond acceptors (Lipinski definition) is 4. The highest BCUT2D eigenvalue weighted by Crippen LogP contribution is 2.21. The number of aromatic carboxylic acids is 2. The third kappa shape index (κ3) is 4.70. The van der Waals surface area contributed by atoms with Gasteiger partial charge in [-0.1, -0.05) is 18.2 Å². The van der Waals surface area contributed by atoms with Gasteiger partial charge in [-0.2, -0.15) is 0 Å². The molecule has 0 radical (unpaired) electrons. The fourth-order valence-electron chi connectivity index (χ4n) is 3.93. The van der Waals surface area contributed by atoms with E-state index >= 15 is 0 Å². The Morgan fingerprint density at radius 1 is 0.605 bits per heavy atom. The largest absolute Gasteiger partial charge is 0.478 e. The molecule has 6 rings (SSSR count). The number of benzene rings is 4. The monoisotopic (exact) mass is 512 g/mol. The topological polar surface area (TPSA) is 110 Å². The minimum atomic E-state index is -1.05. The Morgan fingerprint density at radius 3 is 1.63 bits per heavy atom. The number of imidazole rings is 2. The van der Waals surface area contributed by atoms with E-state index in [0.29, 0.717) is 22.2 Å². The molecule has 2 heterocycles.